The van der Waals surface area contributed by atoms with E-state index in [9.17, 15) is 4.79 Å². The molecular formula is C18H17BrN8O2. The number of rotatable bonds is 5. The average Bonchev–Trinajstić information content (AvgIpc) is 3.30. The van der Waals surface area contributed by atoms with E-state index in [4.69, 9.17) is 15.7 Å². The van der Waals surface area contributed by atoms with Crippen molar-refractivity contribution in [2.75, 3.05) is 30.4 Å². The Morgan fingerprint density at radius 3 is 2.79 bits per heavy atom. The van der Waals surface area contributed by atoms with E-state index in [1.54, 1.807) is 17.8 Å². The van der Waals surface area contributed by atoms with Crippen molar-refractivity contribution in [3.05, 3.63) is 46.5 Å². The number of halogens is 1. The Bertz CT molecular complexity index is 1110. The fourth-order valence-corrected chi connectivity index (χ4v) is 3.82. The fourth-order valence-electron chi connectivity index (χ4n) is 3.41. The van der Waals surface area contributed by atoms with E-state index in [0.29, 0.717) is 35.9 Å². The molecule has 0 bridgehead atoms. The molecule has 148 valence electrons. The van der Waals surface area contributed by atoms with Crippen molar-refractivity contribution in [1.82, 2.24) is 19.6 Å². The Morgan fingerprint density at radius 1 is 1.38 bits per heavy atom. The molecule has 0 spiro atoms. The number of fused-ring (bicyclic) bond motifs is 1. The predicted molar refractivity (Wildman–Crippen MR) is 109 cm³/mol. The van der Waals surface area contributed by atoms with Gasteiger partial charge < -0.3 is 20.7 Å². The molecule has 2 unspecified atom stereocenters. The maximum Gasteiger partial charge on any atom is 0.252 e. The molecule has 0 saturated carbocycles. The number of anilines is 2. The quantitative estimate of drug-likeness (QED) is 0.583. The maximum absolute atomic E-state index is 12.0. The number of hydrogen-bond donors (Lipinski definition) is 2. The molecule has 0 radical (unpaired) electrons. The number of nitrogens with zero attached hydrogens (tertiary/aromatic N) is 6. The molecule has 10 nitrogen and oxygen atoms in total. The van der Waals surface area contributed by atoms with Crippen LogP contribution in [0.5, 0.6) is 0 Å². The molecule has 3 N–H and O–H groups in total. The van der Waals surface area contributed by atoms with Gasteiger partial charge in [0.25, 0.3) is 5.91 Å². The fraction of sp³-hybridized carbons (Fsp3) is 0.278. The number of methoxy groups -OCH3 is 1. The third-order valence-corrected chi connectivity index (χ3v) is 5.25. The molecule has 11 heteroatoms. The topological polar surface area (TPSA) is 134 Å². The van der Waals surface area contributed by atoms with Gasteiger partial charge in [-0.1, -0.05) is 0 Å². The van der Waals surface area contributed by atoms with Gasteiger partial charge in [0.1, 0.15) is 6.07 Å². The maximum atomic E-state index is 12.0. The van der Waals surface area contributed by atoms with Crippen LogP contribution in [0, 0.1) is 11.3 Å². The van der Waals surface area contributed by atoms with Crippen LogP contribution >= 0.6 is 15.9 Å². The number of primary amides is 1. The summed E-state index contributed by atoms with van der Waals surface area (Å²) in [7, 11) is 1.63. The van der Waals surface area contributed by atoms with Crippen LogP contribution in [0.3, 0.4) is 0 Å². The van der Waals surface area contributed by atoms with Gasteiger partial charge in [0.2, 0.25) is 5.95 Å². The number of nitrogens with one attached hydrogen (secondary N) is 1. The number of amides is 1. The van der Waals surface area contributed by atoms with Gasteiger partial charge in [0.05, 0.1) is 53.1 Å². The lowest BCUT2D eigenvalue weighted by Crippen LogP contribution is -2.34. The molecule has 1 aliphatic heterocycles. The minimum Gasteiger partial charge on any atom is -0.377 e. The molecule has 1 amide bonds. The van der Waals surface area contributed by atoms with Gasteiger partial charge >= 0.3 is 0 Å². The highest BCUT2D eigenvalue weighted by atomic mass is 79.9. The van der Waals surface area contributed by atoms with Crippen LogP contribution < -0.4 is 16.0 Å². The van der Waals surface area contributed by atoms with E-state index >= 15 is 0 Å². The molecule has 1 fully saturated rings. The van der Waals surface area contributed by atoms with E-state index < -0.39 is 5.91 Å². The first-order valence-corrected chi connectivity index (χ1v) is 9.52. The molecule has 2 atom stereocenters. The Hall–Kier alpha value is -3.23. The van der Waals surface area contributed by atoms with Crippen molar-refractivity contribution in [1.29, 1.82) is 5.26 Å². The summed E-state index contributed by atoms with van der Waals surface area (Å²) < 4.78 is 8.14. The highest BCUT2D eigenvalue weighted by Crippen LogP contribution is 2.29. The minimum atomic E-state index is -0.570. The van der Waals surface area contributed by atoms with Gasteiger partial charge in [-0.2, -0.15) is 10.4 Å². The molecule has 3 aromatic heterocycles. The van der Waals surface area contributed by atoms with Crippen LogP contribution in [0.15, 0.2) is 35.3 Å². The van der Waals surface area contributed by atoms with E-state index in [2.05, 4.69) is 36.3 Å². The lowest BCUT2D eigenvalue weighted by molar-refractivity contribution is 0.0999. The first-order chi connectivity index (χ1) is 14.0. The van der Waals surface area contributed by atoms with Crippen molar-refractivity contribution in [3.63, 3.8) is 0 Å². The molecule has 0 aliphatic carbocycles. The number of aromatic nitrogens is 4. The minimum absolute atomic E-state index is 0.155. The molecule has 4 heterocycles. The van der Waals surface area contributed by atoms with Crippen LogP contribution in [0.25, 0.3) is 5.52 Å². The summed E-state index contributed by atoms with van der Waals surface area (Å²) in [6.45, 7) is 1.09. The van der Waals surface area contributed by atoms with Gasteiger partial charge in [0.15, 0.2) is 0 Å². The van der Waals surface area contributed by atoms with Gasteiger partial charge in [-0.05, 0) is 22.0 Å². The van der Waals surface area contributed by atoms with E-state index in [0.717, 1.165) is 9.99 Å². The number of hydrogen-bond acceptors (Lipinski definition) is 8. The molecule has 29 heavy (non-hydrogen) atoms. The summed E-state index contributed by atoms with van der Waals surface area (Å²) in [5.74, 6) is -0.0603. The summed E-state index contributed by atoms with van der Waals surface area (Å²) in [5.41, 5.74) is 7.58. The number of carbonyl (C=O) groups is 1. The van der Waals surface area contributed by atoms with Gasteiger partial charge in [-0.3, -0.25) is 4.79 Å². The van der Waals surface area contributed by atoms with Gasteiger partial charge in [0, 0.05) is 30.9 Å². The summed E-state index contributed by atoms with van der Waals surface area (Å²) in [6, 6.07) is 3.71. The third kappa shape index (κ3) is 3.59. The monoisotopic (exact) mass is 456 g/mol. The zero-order valence-corrected chi connectivity index (χ0v) is 17.0. The summed E-state index contributed by atoms with van der Waals surface area (Å²) in [4.78, 5) is 22.4. The van der Waals surface area contributed by atoms with Crippen molar-refractivity contribution in [2.24, 2.45) is 5.73 Å². The number of nitrogens with two attached hydrogens (primary N) is 1. The van der Waals surface area contributed by atoms with Crippen LogP contribution in [0.1, 0.15) is 15.9 Å². The van der Waals surface area contributed by atoms with E-state index in [1.807, 2.05) is 17.0 Å². The van der Waals surface area contributed by atoms with Gasteiger partial charge in [-0.15, -0.1) is 0 Å². The predicted octanol–water partition coefficient (Wildman–Crippen LogP) is 1.17. The first-order valence-electron chi connectivity index (χ1n) is 8.73. The second kappa shape index (κ2) is 7.65. The number of ether oxygens (including phenoxy) is 1. The Kier molecular flexibility index (Phi) is 5.04. The molecule has 1 aliphatic rings. The molecular weight excluding hydrogens is 440 g/mol. The van der Waals surface area contributed by atoms with Crippen LogP contribution in [0.4, 0.5) is 11.6 Å². The third-order valence-electron chi connectivity index (χ3n) is 4.82. The zero-order valence-electron chi connectivity index (χ0n) is 15.4. The highest BCUT2D eigenvalue weighted by molar-refractivity contribution is 9.10. The lowest BCUT2D eigenvalue weighted by atomic mass is 10.1. The standard InChI is InChI=1S/C18H17BrN8O2/c1-29-15-9-26(18-22-4-10(3-20)5-23-18)8-13(15)25-16-12(17(21)28)6-24-27-7-11(19)2-14(16)27/h2,4-7,13,15,25H,8-9H2,1H3,(H2,21,28). The second-order valence-electron chi connectivity index (χ2n) is 6.60. The van der Waals surface area contributed by atoms with Gasteiger partial charge in [-0.25, -0.2) is 14.5 Å². The van der Waals surface area contributed by atoms with Crippen molar-refractivity contribution in [3.8, 4) is 6.07 Å². The van der Waals surface area contributed by atoms with E-state index in [1.165, 1.54) is 18.6 Å². The van der Waals surface area contributed by atoms with Crippen LogP contribution in [-0.2, 0) is 4.74 Å². The molecule has 1 saturated heterocycles. The highest BCUT2D eigenvalue weighted by Gasteiger charge is 2.35. The second-order valence-corrected chi connectivity index (χ2v) is 7.51. The van der Waals surface area contributed by atoms with Crippen molar-refractivity contribution in [2.45, 2.75) is 12.1 Å². The van der Waals surface area contributed by atoms with Crippen LogP contribution in [0.2, 0.25) is 0 Å². The largest absolute Gasteiger partial charge is 0.377 e. The SMILES string of the molecule is COC1CN(c2ncc(C#N)cn2)CC1Nc1c(C(N)=O)cnn2cc(Br)cc12. The summed E-state index contributed by atoms with van der Waals surface area (Å²) >= 11 is 3.43. The van der Waals surface area contributed by atoms with Crippen molar-refractivity contribution >= 4 is 39.0 Å². The lowest BCUT2D eigenvalue weighted by Gasteiger charge is -2.21. The smallest absolute Gasteiger partial charge is 0.252 e. The van der Waals surface area contributed by atoms with E-state index in [-0.39, 0.29) is 12.1 Å². The zero-order chi connectivity index (χ0) is 20.5. The Labute approximate surface area is 174 Å². The molecule has 4 rings (SSSR count). The average molecular weight is 457 g/mol. The summed E-state index contributed by atoms with van der Waals surface area (Å²) in [6.07, 6.45) is 6.04. The van der Waals surface area contributed by atoms with Crippen LogP contribution in [-0.4, -0.2) is 57.8 Å². The molecule has 3 aromatic rings. The number of nitriles is 1. The Balaban J connectivity index is 1.65. The number of carbonyl (C=O) groups excluding carboxylic acids is 1. The summed E-state index contributed by atoms with van der Waals surface area (Å²) in [5, 5.41) is 16.6. The Morgan fingerprint density at radius 2 is 2.14 bits per heavy atom. The molecule has 0 aromatic carbocycles. The normalized spacial score (nSPS) is 18.7. The van der Waals surface area contributed by atoms with Crippen molar-refractivity contribution < 1.29 is 9.53 Å². The first kappa shape index (κ1) is 19.1.